The van der Waals surface area contributed by atoms with Crippen LogP contribution in [0.25, 0.3) is 0 Å². The second kappa shape index (κ2) is 6.57. The highest BCUT2D eigenvalue weighted by Crippen LogP contribution is 2.14. The lowest BCUT2D eigenvalue weighted by atomic mass is 10.1. The second-order valence-corrected chi connectivity index (χ2v) is 4.73. The van der Waals surface area contributed by atoms with E-state index in [1.165, 1.54) is 11.9 Å². The number of anilines is 1. The van der Waals surface area contributed by atoms with Crippen LogP contribution < -0.4 is 10.2 Å². The summed E-state index contributed by atoms with van der Waals surface area (Å²) in [6.45, 7) is 3.45. The molecule has 2 N–H and O–H groups in total. The normalized spacial score (nSPS) is 11.6. The third kappa shape index (κ3) is 3.72. The van der Waals surface area contributed by atoms with Crippen LogP contribution in [0.2, 0.25) is 0 Å². The van der Waals surface area contributed by atoms with Gasteiger partial charge in [0.25, 0.3) is 0 Å². The number of carbonyl (C=O) groups is 2. The number of hydrogen-bond acceptors (Lipinski definition) is 3. The predicted octanol–water partition coefficient (Wildman–Crippen LogP) is 1.81. The van der Waals surface area contributed by atoms with E-state index >= 15 is 0 Å². The summed E-state index contributed by atoms with van der Waals surface area (Å²) in [5, 5.41) is 20.2. The molecule has 0 aliphatic rings. The molecule has 0 aromatic heterocycles. The lowest BCUT2D eigenvalue weighted by molar-refractivity contribution is -0.140. The summed E-state index contributed by atoms with van der Waals surface area (Å²) >= 11 is 0. The number of amides is 2. The number of nitrogens with zero attached hydrogens (tertiary/aromatic N) is 2. The number of urea groups is 1. The van der Waals surface area contributed by atoms with Crippen molar-refractivity contribution in [2.45, 2.75) is 19.9 Å². The minimum atomic E-state index is -1.07. The first-order valence-corrected chi connectivity index (χ1v) is 6.14. The molecule has 0 spiro atoms. The number of hydrogen-bond donors (Lipinski definition) is 2. The van der Waals surface area contributed by atoms with Crippen LogP contribution >= 0.6 is 0 Å². The minimum Gasteiger partial charge on any atom is -0.480 e. The highest BCUT2D eigenvalue weighted by Gasteiger charge is 2.25. The zero-order chi connectivity index (χ0) is 15.3. The molecule has 0 aliphatic carbocycles. The Morgan fingerprint density at radius 1 is 1.30 bits per heavy atom. The number of aliphatic carboxylic acids is 1. The van der Waals surface area contributed by atoms with Crippen LogP contribution in [0.3, 0.4) is 0 Å². The largest absolute Gasteiger partial charge is 0.480 e. The Balaban J connectivity index is 2.80. The van der Waals surface area contributed by atoms with E-state index in [-0.39, 0.29) is 5.92 Å². The molecule has 6 nitrogen and oxygen atoms in total. The van der Waals surface area contributed by atoms with Gasteiger partial charge in [-0.25, -0.2) is 9.59 Å². The summed E-state index contributed by atoms with van der Waals surface area (Å²) in [5.41, 5.74) is 1.07. The first kappa shape index (κ1) is 15.5. The maximum absolute atomic E-state index is 12.0. The number of carbonyl (C=O) groups excluding carboxylic acids is 1. The van der Waals surface area contributed by atoms with Crippen molar-refractivity contribution >= 4 is 17.7 Å². The van der Waals surface area contributed by atoms with Gasteiger partial charge in [-0.05, 0) is 30.2 Å². The van der Waals surface area contributed by atoms with Gasteiger partial charge in [0.15, 0.2) is 0 Å². The fourth-order valence-corrected chi connectivity index (χ4v) is 1.62. The SMILES string of the molecule is CC(C)C(NC(=O)N(C)c1ccc(C#N)cc1)C(=O)O. The Bertz CT molecular complexity index is 532. The quantitative estimate of drug-likeness (QED) is 0.876. The molecule has 1 unspecified atom stereocenters. The molecular weight excluding hydrogens is 258 g/mol. The Morgan fingerprint density at radius 2 is 1.85 bits per heavy atom. The van der Waals surface area contributed by atoms with E-state index < -0.39 is 18.0 Å². The summed E-state index contributed by atoms with van der Waals surface area (Å²) in [4.78, 5) is 24.4. The Labute approximate surface area is 117 Å². The molecule has 20 heavy (non-hydrogen) atoms. The number of benzene rings is 1. The lowest BCUT2D eigenvalue weighted by Gasteiger charge is -2.23. The first-order valence-electron chi connectivity index (χ1n) is 6.14. The van der Waals surface area contributed by atoms with Gasteiger partial charge >= 0.3 is 12.0 Å². The second-order valence-electron chi connectivity index (χ2n) is 4.73. The van der Waals surface area contributed by atoms with Crippen molar-refractivity contribution in [3.05, 3.63) is 29.8 Å². The summed E-state index contributed by atoms with van der Waals surface area (Å²) in [7, 11) is 1.54. The maximum Gasteiger partial charge on any atom is 0.326 e. The van der Waals surface area contributed by atoms with Crippen LogP contribution in [0, 0.1) is 17.2 Å². The van der Waals surface area contributed by atoms with Crippen LogP contribution in [0.5, 0.6) is 0 Å². The van der Waals surface area contributed by atoms with E-state index in [4.69, 9.17) is 10.4 Å². The molecule has 0 saturated heterocycles. The minimum absolute atomic E-state index is 0.217. The fourth-order valence-electron chi connectivity index (χ4n) is 1.62. The van der Waals surface area contributed by atoms with E-state index in [0.29, 0.717) is 11.3 Å². The Kier molecular flexibility index (Phi) is 5.09. The molecule has 0 saturated carbocycles. The van der Waals surface area contributed by atoms with Crippen molar-refractivity contribution in [1.82, 2.24) is 5.32 Å². The van der Waals surface area contributed by atoms with E-state index in [0.717, 1.165) is 0 Å². The summed E-state index contributed by atoms with van der Waals surface area (Å²) in [6.07, 6.45) is 0. The van der Waals surface area contributed by atoms with Crippen LogP contribution in [0.4, 0.5) is 10.5 Å². The van der Waals surface area contributed by atoms with E-state index in [1.54, 1.807) is 38.1 Å². The zero-order valence-corrected chi connectivity index (χ0v) is 11.6. The van der Waals surface area contributed by atoms with E-state index in [9.17, 15) is 9.59 Å². The summed E-state index contributed by atoms with van der Waals surface area (Å²) in [6, 6.07) is 6.99. The van der Waals surface area contributed by atoms with Gasteiger partial charge in [-0.3, -0.25) is 4.90 Å². The van der Waals surface area contributed by atoms with Gasteiger partial charge < -0.3 is 10.4 Å². The van der Waals surface area contributed by atoms with Crippen molar-refractivity contribution < 1.29 is 14.7 Å². The summed E-state index contributed by atoms with van der Waals surface area (Å²) in [5.74, 6) is -1.28. The topological polar surface area (TPSA) is 93.4 Å². The Morgan fingerprint density at radius 3 is 2.25 bits per heavy atom. The van der Waals surface area contributed by atoms with Crippen molar-refractivity contribution in [3.63, 3.8) is 0 Å². The predicted molar refractivity (Wildman–Crippen MR) is 74.4 cm³/mol. The monoisotopic (exact) mass is 275 g/mol. The molecule has 0 fully saturated rings. The summed E-state index contributed by atoms with van der Waals surface area (Å²) < 4.78 is 0. The molecular formula is C14H17N3O3. The average Bonchev–Trinajstić information content (AvgIpc) is 2.43. The molecule has 0 bridgehead atoms. The number of rotatable bonds is 4. The van der Waals surface area contributed by atoms with Crippen LogP contribution in [-0.4, -0.2) is 30.2 Å². The maximum atomic E-state index is 12.0. The van der Waals surface area contributed by atoms with Gasteiger partial charge in [-0.1, -0.05) is 13.8 Å². The molecule has 1 atom stereocenters. The number of nitrogens with one attached hydrogen (secondary N) is 1. The van der Waals surface area contributed by atoms with Gasteiger partial charge in [-0.2, -0.15) is 5.26 Å². The number of carboxylic acid groups (broad SMARTS) is 1. The number of carboxylic acids is 1. The third-order valence-corrected chi connectivity index (χ3v) is 2.90. The van der Waals surface area contributed by atoms with Gasteiger partial charge in [-0.15, -0.1) is 0 Å². The van der Waals surface area contributed by atoms with Crippen LogP contribution in [-0.2, 0) is 4.79 Å². The number of nitriles is 1. The molecule has 6 heteroatoms. The molecule has 1 rings (SSSR count). The Hall–Kier alpha value is -2.55. The van der Waals surface area contributed by atoms with Gasteiger partial charge in [0.2, 0.25) is 0 Å². The molecule has 0 radical (unpaired) electrons. The molecule has 0 aliphatic heterocycles. The van der Waals surface area contributed by atoms with E-state index in [1.807, 2.05) is 6.07 Å². The zero-order valence-electron chi connectivity index (χ0n) is 11.6. The van der Waals surface area contributed by atoms with Crippen molar-refractivity contribution in [2.24, 2.45) is 5.92 Å². The molecule has 1 aromatic carbocycles. The van der Waals surface area contributed by atoms with Gasteiger partial charge in [0.1, 0.15) is 6.04 Å². The molecule has 1 aromatic rings. The van der Waals surface area contributed by atoms with Crippen LogP contribution in [0.15, 0.2) is 24.3 Å². The molecule has 106 valence electrons. The van der Waals surface area contributed by atoms with Crippen LogP contribution in [0.1, 0.15) is 19.4 Å². The smallest absolute Gasteiger partial charge is 0.326 e. The van der Waals surface area contributed by atoms with Crippen molar-refractivity contribution in [1.29, 1.82) is 5.26 Å². The van der Waals surface area contributed by atoms with E-state index in [2.05, 4.69) is 5.32 Å². The van der Waals surface area contributed by atoms with Crippen molar-refractivity contribution in [2.75, 3.05) is 11.9 Å². The highest BCUT2D eigenvalue weighted by molar-refractivity contribution is 5.94. The average molecular weight is 275 g/mol. The lowest BCUT2D eigenvalue weighted by Crippen LogP contribution is -2.49. The fraction of sp³-hybridized carbons (Fsp3) is 0.357. The first-order chi connectivity index (χ1) is 9.36. The molecule has 2 amide bonds. The molecule has 0 heterocycles. The van der Waals surface area contributed by atoms with Gasteiger partial charge in [0, 0.05) is 12.7 Å². The standard InChI is InChI=1S/C14H17N3O3/c1-9(2)12(13(18)19)16-14(20)17(3)11-6-4-10(8-15)5-7-11/h4-7,9,12H,1-3H3,(H,16,20)(H,18,19). The third-order valence-electron chi connectivity index (χ3n) is 2.90. The highest BCUT2D eigenvalue weighted by atomic mass is 16.4. The van der Waals surface area contributed by atoms with Crippen molar-refractivity contribution in [3.8, 4) is 6.07 Å². The van der Waals surface area contributed by atoms with Gasteiger partial charge in [0.05, 0.1) is 11.6 Å².